The van der Waals surface area contributed by atoms with Crippen molar-refractivity contribution in [3.8, 4) is 0 Å². The summed E-state index contributed by atoms with van der Waals surface area (Å²) in [6.07, 6.45) is 0.767. The summed E-state index contributed by atoms with van der Waals surface area (Å²) in [5, 5.41) is 11.8. The van der Waals surface area contributed by atoms with Crippen LogP contribution in [0.25, 0.3) is 0 Å². The second-order valence-electron chi connectivity index (χ2n) is 8.78. The van der Waals surface area contributed by atoms with Crippen molar-refractivity contribution in [2.24, 2.45) is 0 Å². The van der Waals surface area contributed by atoms with E-state index in [1.807, 2.05) is 28.0 Å². The molecular weight excluding hydrogens is 454 g/mol. The Kier molecular flexibility index (Phi) is 6.07. The Hall–Kier alpha value is -4.01. The molecule has 5 rings (SSSR count). The average Bonchev–Trinajstić information content (AvgIpc) is 2.88. The van der Waals surface area contributed by atoms with E-state index in [1.54, 1.807) is 17.0 Å². The van der Waals surface area contributed by atoms with Crippen molar-refractivity contribution in [1.29, 1.82) is 0 Å². The van der Waals surface area contributed by atoms with Crippen LogP contribution in [0.1, 0.15) is 21.5 Å². The lowest BCUT2D eigenvalue weighted by Gasteiger charge is -2.37. The molecule has 0 atom stereocenters. The van der Waals surface area contributed by atoms with Crippen LogP contribution in [0.15, 0.2) is 60.7 Å². The molecule has 0 aliphatic carbocycles. The zero-order valence-corrected chi connectivity index (χ0v) is 19.0. The smallest absolute Gasteiger partial charge is 0.295 e. The number of carbonyl (C=O) groups is 1. The standard InChI is InChI=1S/C26H24F2N4O3/c27-21-7-3-6-19(14-21)26(33)30-12-10-29(11-13-30)24-16-23(22(28)15-25(24)32(34)35)31-9-8-18-4-1-2-5-20(18)17-31/h1-7,14-16H,8-13,17H2. The Morgan fingerprint density at radius 2 is 1.57 bits per heavy atom. The number of hydrogen-bond donors (Lipinski definition) is 0. The molecule has 9 heteroatoms. The summed E-state index contributed by atoms with van der Waals surface area (Å²) in [6, 6.07) is 16.1. The number of fused-ring (bicyclic) bond motifs is 1. The molecule has 180 valence electrons. The van der Waals surface area contributed by atoms with Gasteiger partial charge in [-0.15, -0.1) is 0 Å². The van der Waals surface area contributed by atoms with Gasteiger partial charge in [-0.25, -0.2) is 8.78 Å². The Morgan fingerprint density at radius 3 is 2.29 bits per heavy atom. The van der Waals surface area contributed by atoms with Gasteiger partial charge in [0.1, 0.15) is 11.5 Å². The molecule has 2 aliphatic rings. The van der Waals surface area contributed by atoms with E-state index in [9.17, 15) is 19.3 Å². The third-order valence-electron chi connectivity index (χ3n) is 6.69. The summed E-state index contributed by atoms with van der Waals surface area (Å²) in [4.78, 5) is 29.3. The van der Waals surface area contributed by atoms with E-state index in [-0.39, 0.29) is 17.2 Å². The van der Waals surface area contributed by atoms with Crippen LogP contribution in [0, 0.1) is 21.7 Å². The zero-order valence-electron chi connectivity index (χ0n) is 19.0. The summed E-state index contributed by atoms with van der Waals surface area (Å²) >= 11 is 0. The molecule has 1 amide bonds. The highest BCUT2D eigenvalue weighted by molar-refractivity contribution is 5.94. The highest BCUT2D eigenvalue weighted by Gasteiger charge is 2.30. The maximum Gasteiger partial charge on any atom is 0.295 e. The number of carbonyl (C=O) groups excluding carboxylic acids is 1. The predicted molar refractivity (Wildman–Crippen MR) is 129 cm³/mol. The van der Waals surface area contributed by atoms with Crippen molar-refractivity contribution >= 4 is 23.0 Å². The molecule has 2 aliphatic heterocycles. The van der Waals surface area contributed by atoms with Crippen molar-refractivity contribution in [2.45, 2.75) is 13.0 Å². The molecule has 1 saturated heterocycles. The molecule has 0 unspecified atom stereocenters. The molecule has 0 saturated carbocycles. The Morgan fingerprint density at radius 1 is 0.829 bits per heavy atom. The molecule has 0 N–H and O–H groups in total. The van der Waals surface area contributed by atoms with E-state index in [0.29, 0.717) is 50.6 Å². The third-order valence-corrected chi connectivity index (χ3v) is 6.69. The summed E-state index contributed by atoms with van der Waals surface area (Å²) in [7, 11) is 0. The first kappa shape index (κ1) is 22.8. The average molecular weight is 478 g/mol. The van der Waals surface area contributed by atoms with Crippen LogP contribution < -0.4 is 9.80 Å². The highest BCUT2D eigenvalue weighted by atomic mass is 19.1. The first-order chi connectivity index (χ1) is 16.9. The lowest BCUT2D eigenvalue weighted by Crippen LogP contribution is -2.49. The molecule has 0 radical (unpaired) electrons. The number of nitro benzene ring substituents is 1. The maximum absolute atomic E-state index is 15.1. The number of rotatable bonds is 4. The van der Waals surface area contributed by atoms with Gasteiger partial charge in [-0.3, -0.25) is 14.9 Å². The van der Waals surface area contributed by atoms with Crippen LogP contribution in [0.4, 0.5) is 25.8 Å². The van der Waals surface area contributed by atoms with Gasteiger partial charge in [0.2, 0.25) is 0 Å². The van der Waals surface area contributed by atoms with Gasteiger partial charge in [-0.1, -0.05) is 30.3 Å². The Balaban J connectivity index is 1.38. The van der Waals surface area contributed by atoms with Gasteiger partial charge in [0.05, 0.1) is 16.7 Å². The minimum Gasteiger partial charge on any atom is -0.364 e. The van der Waals surface area contributed by atoms with Crippen molar-refractivity contribution in [3.05, 3.63) is 99.1 Å². The maximum atomic E-state index is 15.1. The molecule has 2 heterocycles. The van der Waals surface area contributed by atoms with Crippen molar-refractivity contribution in [2.75, 3.05) is 42.5 Å². The van der Waals surface area contributed by atoms with Crippen molar-refractivity contribution < 1.29 is 18.5 Å². The SMILES string of the molecule is O=C(c1cccc(F)c1)N1CCN(c2cc(N3CCc4ccccc4C3)c(F)cc2[N+](=O)[O-])CC1. The number of amides is 1. The predicted octanol–water partition coefficient (Wildman–Crippen LogP) is 4.40. The van der Waals surface area contributed by atoms with E-state index in [4.69, 9.17) is 0 Å². The largest absolute Gasteiger partial charge is 0.364 e. The molecule has 0 spiro atoms. The number of nitro groups is 1. The van der Waals surface area contributed by atoms with Gasteiger partial charge < -0.3 is 14.7 Å². The van der Waals surface area contributed by atoms with Gasteiger partial charge >= 0.3 is 0 Å². The number of hydrogen-bond acceptors (Lipinski definition) is 5. The van der Waals surface area contributed by atoms with Gasteiger partial charge in [-0.05, 0) is 41.8 Å². The second-order valence-corrected chi connectivity index (χ2v) is 8.78. The van der Waals surface area contributed by atoms with E-state index in [0.717, 1.165) is 18.1 Å². The van der Waals surface area contributed by atoms with Gasteiger partial charge in [0.15, 0.2) is 5.82 Å². The first-order valence-corrected chi connectivity index (χ1v) is 11.5. The first-order valence-electron chi connectivity index (χ1n) is 11.5. The fraction of sp³-hybridized carbons (Fsp3) is 0.269. The van der Waals surface area contributed by atoms with Crippen LogP contribution in [-0.4, -0.2) is 48.5 Å². The van der Waals surface area contributed by atoms with Gasteiger partial charge in [-0.2, -0.15) is 0 Å². The monoisotopic (exact) mass is 478 g/mol. The molecule has 0 bridgehead atoms. The fourth-order valence-electron chi connectivity index (χ4n) is 4.84. The summed E-state index contributed by atoms with van der Waals surface area (Å²) in [5.74, 6) is -1.39. The number of piperazine rings is 1. The Labute approximate surface area is 201 Å². The second kappa shape index (κ2) is 9.32. The topological polar surface area (TPSA) is 69.9 Å². The van der Waals surface area contributed by atoms with Crippen LogP contribution in [0.3, 0.4) is 0 Å². The van der Waals surface area contributed by atoms with E-state index in [2.05, 4.69) is 6.07 Å². The van der Waals surface area contributed by atoms with Crippen LogP contribution >= 0.6 is 0 Å². The number of benzene rings is 3. The van der Waals surface area contributed by atoms with E-state index in [1.165, 1.54) is 23.8 Å². The molecule has 3 aromatic carbocycles. The molecular formula is C26H24F2N4O3. The minimum absolute atomic E-state index is 0.263. The lowest BCUT2D eigenvalue weighted by molar-refractivity contribution is -0.384. The van der Waals surface area contributed by atoms with Crippen LogP contribution in [-0.2, 0) is 13.0 Å². The van der Waals surface area contributed by atoms with Crippen molar-refractivity contribution in [1.82, 2.24) is 4.90 Å². The zero-order chi connectivity index (χ0) is 24.5. The van der Waals surface area contributed by atoms with Crippen LogP contribution in [0.5, 0.6) is 0 Å². The lowest BCUT2D eigenvalue weighted by atomic mass is 9.99. The third kappa shape index (κ3) is 4.53. The Bertz CT molecular complexity index is 1290. The summed E-state index contributed by atoms with van der Waals surface area (Å²) in [6.45, 7) is 2.46. The number of halogens is 2. The quantitative estimate of drug-likeness (QED) is 0.411. The molecule has 35 heavy (non-hydrogen) atoms. The number of nitrogens with zero attached hydrogens (tertiary/aromatic N) is 4. The van der Waals surface area contributed by atoms with Crippen molar-refractivity contribution in [3.63, 3.8) is 0 Å². The molecule has 0 aromatic heterocycles. The minimum atomic E-state index is -0.625. The van der Waals surface area contributed by atoms with Gasteiger partial charge in [0.25, 0.3) is 11.6 Å². The van der Waals surface area contributed by atoms with E-state index >= 15 is 4.39 Å². The fourth-order valence-corrected chi connectivity index (χ4v) is 4.84. The summed E-state index contributed by atoms with van der Waals surface area (Å²) < 4.78 is 28.6. The molecule has 3 aromatic rings. The normalized spacial score (nSPS) is 15.7. The molecule has 7 nitrogen and oxygen atoms in total. The van der Waals surface area contributed by atoms with Crippen LogP contribution in [0.2, 0.25) is 0 Å². The molecule has 1 fully saturated rings. The summed E-state index contributed by atoms with van der Waals surface area (Å²) in [5.41, 5.74) is 2.97. The van der Waals surface area contributed by atoms with E-state index < -0.39 is 16.6 Å². The highest BCUT2D eigenvalue weighted by Crippen LogP contribution is 2.37. The number of anilines is 2. The van der Waals surface area contributed by atoms with Gasteiger partial charge in [0, 0.05) is 44.8 Å².